The van der Waals surface area contributed by atoms with E-state index in [0.29, 0.717) is 5.76 Å². The number of rotatable bonds is 5. The average molecular weight is 284 g/mol. The number of ether oxygens (including phenoxy) is 2. The van der Waals surface area contributed by atoms with Crippen LogP contribution in [0.15, 0.2) is 60.4 Å². The molecular formula is C17H16O4. The predicted molar refractivity (Wildman–Crippen MR) is 79.8 cm³/mol. The van der Waals surface area contributed by atoms with Gasteiger partial charge in [-0.1, -0.05) is 42.5 Å². The zero-order chi connectivity index (χ0) is 15.2. The average Bonchev–Trinajstić information content (AvgIpc) is 2.53. The number of ketones is 1. The van der Waals surface area contributed by atoms with Crippen molar-refractivity contribution in [2.75, 3.05) is 14.2 Å². The van der Waals surface area contributed by atoms with Crippen LogP contribution in [0.5, 0.6) is 5.75 Å². The molecule has 21 heavy (non-hydrogen) atoms. The van der Waals surface area contributed by atoms with Gasteiger partial charge < -0.3 is 14.6 Å². The largest absolute Gasteiger partial charge is 0.507 e. The van der Waals surface area contributed by atoms with E-state index in [-0.39, 0.29) is 17.1 Å². The minimum atomic E-state index is -0.434. The number of carbonyl (C=O) groups excluding carboxylic acids is 1. The van der Waals surface area contributed by atoms with E-state index in [1.54, 1.807) is 12.1 Å². The molecule has 0 radical (unpaired) electrons. The van der Waals surface area contributed by atoms with Gasteiger partial charge in [0.2, 0.25) is 11.5 Å². The second-order valence-electron chi connectivity index (χ2n) is 4.28. The molecule has 4 nitrogen and oxygen atoms in total. The Hall–Kier alpha value is -2.75. The first-order chi connectivity index (χ1) is 10.2. The molecule has 0 amide bonds. The molecule has 0 aromatic heterocycles. The highest BCUT2D eigenvalue weighted by molar-refractivity contribution is 6.12. The Balaban J connectivity index is 2.53. The van der Waals surface area contributed by atoms with Gasteiger partial charge in [0.05, 0.1) is 19.8 Å². The number of benzene rings is 2. The lowest BCUT2D eigenvalue weighted by Gasteiger charge is -2.13. The molecule has 2 rings (SSSR count). The summed E-state index contributed by atoms with van der Waals surface area (Å²) in [4.78, 5) is 12.5. The summed E-state index contributed by atoms with van der Waals surface area (Å²) in [5.41, 5.74) is 0.889. The highest BCUT2D eigenvalue weighted by Crippen LogP contribution is 2.26. The molecule has 0 unspecified atom stereocenters. The Morgan fingerprint density at radius 2 is 1.52 bits per heavy atom. The molecule has 0 saturated carbocycles. The molecule has 0 saturated heterocycles. The molecule has 0 aliphatic carbocycles. The van der Waals surface area contributed by atoms with Crippen molar-refractivity contribution < 1.29 is 19.4 Å². The summed E-state index contributed by atoms with van der Waals surface area (Å²) < 4.78 is 10.5. The maximum Gasteiger partial charge on any atom is 0.235 e. The summed E-state index contributed by atoms with van der Waals surface area (Å²) in [6.07, 6.45) is 0. The maximum absolute atomic E-state index is 12.5. The third-order valence-electron chi connectivity index (χ3n) is 3.01. The van der Waals surface area contributed by atoms with Crippen LogP contribution in [0, 0.1) is 0 Å². The van der Waals surface area contributed by atoms with Crippen LogP contribution in [-0.2, 0) is 9.47 Å². The highest BCUT2D eigenvalue weighted by atomic mass is 16.5. The molecule has 0 spiro atoms. The van der Waals surface area contributed by atoms with Gasteiger partial charge in [0, 0.05) is 5.56 Å². The lowest BCUT2D eigenvalue weighted by molar-refractivity contribution is 0.0944. The standard InChI is InChI=1S/C17H16O4/c1-20-16(12-8-4-3-5-9-12)17(21-2)15(19)13-10-6-7-11-14(13)18/h3-11,18H,1-2H3. The summed E-state index contributed by atoms with van der Waals surface area (Å²) in [5, 5.41) is 9.81. The van der Waals surface area contributed by atoms with Gasteiger partial charge in [-0.25, -0.2) is 0 Å². The number of para-hydroxylation sites is 1. The highest BCUT2D eigenvalue weighted by Gasteiger charge is 2.22. The summed E-state index contributed by atoms with van der Waals surface area (Å²) in [6.45, 7) is 0. The van der Waals surface area contributed by atoms with Crippen LogP contribution in [-0.4, -0.2) is 25.1 Å². The van der Waals surface area contributed by atoms with Crippen LogP contribution < -0.4 is 0 Å². The van der Waals surface area contributed by atoms with Gasteiger partial charge in [-0.15, -0.1) is 0 Å². The number of allylic oxidation sites excluding steroid dienone is 1. The fraction of sp³-hybridized carbons (Fsp3) is 0.118. The van der Waals surface area contributed by atoms with Crippen molar-refractivity contribution in [1.29, 1.82) is 0 Å². The summed E-state index contributed by atoms with van der Waals surface area (Å²) >= 11 is 0. The molecule has 0 atom stereocenters. The van der Waals surface area contributed by atoms with E-state index in [4.69, 9.17) is 9.47 Å². The Bertz CT molecular complexity index is 660. The van der Waals surface area contributed by atoms with E-state index < -0.39 is 5.78 Å². The molecule has 1 N–H and O–H groups in total. The van der Waals surface area contributed by atoms with Crippen LogP contribution in [0.3, 0.4) is 0 Å². The van der Waals surface area contributed by atoms with Crippen molar-refractivity contribution in [1.82, 2.24) is 0 Å². The molecule has 0 bridgehead atoms. The number of carbonyl (C=O) groups is 1. The summed E-state index contributed by atoms with van der Waals surface area (Å²) in [7, 11) is 2.87. The molecule has 0 aliphatic rings. The lowest BCUT2D eigenvalue weighted by Crippen LogP contribution is -2.09. The second-order valence-corrected chi connectivity index (χ2v) is 4.28. The van der Waals surface area contributed by atoms with Crippen LogP contribution in [0.4, 0.5) is 0 Å². The van der Waals surface area contributed by atoms with E-state index in [9.17, 15) is 9.90 Å². The van der Waals surface area contributed by atoms with Gasteiger partial charge in [-0.3, -0.25) is 4.79 Å². The van der Waals surface area contributed by atoms with Gasteiger partial charge >= 0.3 is 0 Å². The van der Waals surface area contributed by atoms with Crippen LogP contribution in [0.25, 0.3) is 5.76 Å². The number of Topliss-reactive ketones (excluding diaryl/α,β-unsaturated/α-hetero) is 1. The smallest absolute Gasteiger partial charge is 0.235 e. The van der Waals surface area contributed by atoms with Gasteiger partial charge in [0.25, 0.3) is 0 Å². The van der Waals surface area contributed by atoms with E-state index in [0.717, 1.165) is 5.56 Å². The fourth-order valence-corrected chi connectivity index (χ4v) is 2.01. The van der Waals surface area contributed by atoms with E-state index in [1.165, 1.54) is 26.4 Å². The topological polar surface area (TPSA) is 55.8 Å². The van der Waals surface area contributed by atoms with Crippen molar-refractivity contribution in [2.24, 2.45) is 0 Å². The third-order valence-corrected chi connectivity index (χ3v) is 3.01. The molecule has 4 heteroatoms. The molecule has 2 aromatic rings. The Kier molecular flexibility index (Phi) is 4.61. The SMILES string of the molecule is COC(C(=O)c1ccccc1O)=C(OC)c1ccccc1. The minimum Gasteiger partial charge on any atom is -0.507 e. The number of phenols is 1. The number of aromatic hydroxyl groups is 1. The Morgan fingerprint density at radius 1 is 0.905 bits per heavy atom. The minimum absolute atomic E-state index is 0.0465. The normalized spacial score (nSPS) is 11.5. The van der Waals surface area contributed by atoms with Gasteiger partial charge in [0.15, 0.2) is 5.76 Å². The first-order valence-electron chi connectivity index (χ1n) is 6.39. The number of methoxy groups -OCH3 is 2. The van der Waals surface area contributed by atoms with Crippen molar-refractivity contribution in [3.8, 4) is 5.75 Å². The number of hydrogen-bond acceptors (Lipinski definition) is 4. The number of hydrogen-bond donors (Lipinski definition) is 1. The molecule has 108 valence electrons. The fourth-order valence-electron chi connectivity index (χ4n) is 2.01. The number of phenolic OH excluding ortho intramolecular Hbond substituents is 1. The molecule has 0 fully saturated rings. The first kappa shape index (κ1) is 14.7. The molecule has 0 aliphatic heterocycles. The van der Waals surface area contributed by atoms with Crippen molar-refractivity contribution in [3.63, 3.8) is 0 Å². The Labute approximate surface area is 123 Å². The zero-order valence-electron chi connectivity index (χ0n) is 11.9. The van der Waals surface area contributed by atoms with Gasteiger partial charge in [-0.05, 0) is 12.1 Å². The molecule has 0 heterocycles. The van der Waals surface area contributed by atoms with Gasteiger partial charge in [0.1, 0.15) is 5.75 Å². The Morgan fingerprint density at radius 3 is 2.10 bits per heavy atom. The van der Waals surface area contributed by atoms with Crippen LogP contribution >= 0.6 is 0 Å². The zero-order valence-corrected chi connectivity index (χ0v) is 11.9. The van der Waals surface area contributed by atoms with E-state index in [1.807, 2.05) is 30.3 Å². The quantitative estimate of drug-likeness (QED) is 0.520. The summed E-state index contributed by atoms with van der Waals surface area (Å²) in [6, 6.07) is 15.5. The summed E-state index contributed by atoms with van der Waals surface area (Å²) in [5.74, 6) is -0.159. The van der Waals surface area contributed by atoms with Crippen LogP contribution in [0.1, 0.15) is 15.9 Å². The second kappa shape index (κ2) is 6.61. The first-order valence-corrected chi connectivity index (χ1v) is 6.39. The van der Waals surface area contributed by atoms with E-state index in [2.05, 4.69) is 0 Å². The van der Waals surface area contributed by atoms with E-state index >= 15 is 0 Å². The maximum atomic E-state index is 12.5. The van der Waals surface area contributed by atoms with Crippen molar-refractivity contribution >= 4 is 11.5 Å². The van der Waals surface area contributed by atoms with Gasteiger partial charge in [-0.2, -0.15) is 0 Å². The van der Waals surface area contributed by atoms with Crippen molar-refractivity contribution in [3.05, 3.63) is 71.5 Å². The lowest BCUT2D eigenvalue weighted by atomic mass is 10.0. The van der Waals surface area contributed by atoms with Crippen molar-refractivity contribution in [2.45, 2.75) is 0 Å². The molecular weight excluding hydrogens is 268 g/mol. The molecule has 2 aromatic carbocycles. The van der Waals surface area contributed by atoms with Crippen LogP contribution in [0.2, 0.25) is 0 Å². The third kappa shape index (κ3) is 3.05. The predicted octanol–water partition coefficient (Wildman–Crippen LogP) is 3.24. The monoisotopic (exact) mass is 284 g/mol.